The second-order valence-corrected chi connectivity index (χ2v) is 11.3. The Morgan fingerprint density at radius 3 is 2.43 bits per heavy atom. The maximum atomic E-state index is 13.6. The molecule has 9 heteroatoms. The summed E-state index contributed by atoms with van der Waals surface area (Å²) >= 11 is 0. The van der Waals surface area contributed by atoms with Crippen molar-refractivity contribution in [1.29, 1.82) is 0 Å². The van der Waals surface area contributed by atoms with Crippen LogP contribution in [0.5, 0.6) is 0 Å². The number of anilines is 3. The van der Waals surface area contributed by atoms with Crippen LogP contribution in [0.15, 0.2) is 29.3 Å². The van der Waals surface area contributed by atoms with E-state index in [0.29, 0.717) is 30.6 Å². The Labute approximate surface area is 209 Å². The molecule has 0 bridgehead atoms. The predicted octanol–water partition coefficient (Wildman–Crippen LogP) is 7.25. The molecule has 1 aromatic heterocycles. The third-order valence-electron chi connectivity index (χ3n) is 7.08. The second-order valence-electron chi connectivity index (χ2n) is 9.54. The van der Waals surface area contributed by atoms with E-state index in [1.807, 2.05) is 39.0 Å². The van der Waals surface area contributed by atoms with Gasteiger partial charge in [0.15, 0.2) is 0 Å². The van der Waals surface area contributed by atoms with Crippen LogP contribution in [0, 0.1) is 12.3 Å². The number of aryl methyl sites for hydroxylation is 1. The molecule has 2 aromatic rings. The van der Waals surface area contributed by atoms with E-state index in [0.717, 1.165) is 42.3 Å². The molecule has 1 aliphatic rings. The van der Waals surface area contributed by atoms with Crippen LogP contribution in [-0.2, 0) is 17.0 Å². The SMILES string of the molecule is CCCN(CC)c1nc(Nc2ccc(S(=O)C3CC(CC)(CCC)C3)cc2C)ncc1C(F)(F)F. The molecule has 3 rings (SSSR count). The zero-order valence-corrected chi connectivity index (χ0v) is 22.2. The average molecular weight is 511 g/mol. The molecular formula is C26H37F3N4OS. The summed E-state index contributed by atoms with van der Waals surface area (Å²) in [5, 5.41) is 3.24. The van der Waals surface area contributed by atoms with Crippen molar-refractivity contribution in [2.75, 3.05) is 23.3 Å². The van der Waals surface area contributed by atoms with Crippen LogP contribution in [-0.4, -0.2) is 32.5 Å². The highest BCUT2D eigenvalue weighted by Gasteiger charge is 2.45. The van der Waals surface area contributed by atoms with Gasteiger partial charge in [0.25, 0.3) is 0 Å². The number of halogens is 3. The molecular weight excluding hydrogens is 473 g/mol. The summed E-state index contributed by atoms with van der Waals surface area (Å²) in [5.41, 5.74) is 1.02. The molecule has 0 saturated heterocycles. The van der Waals surface area contributed by atoms with Gasteiger partial charge in [0.2, 0.25) is 5.95 Å². The van der Waals surface area contributed by atoms with Crippen LogP contribution in [0.3, 0.4) is 0 Å². The van der Waals surface area contributed by atoms with E-state index in [1.165, 1.54) is 6.42 Å². The molecule has 194 valence electrons. The zero-order chi connectivity index (χ0) is 25.8. The van der Waals surface area contributed by atoms with Gasteiger partial charge in [0.05, 0.1) is 10.8 Å². The van der Waals surface area contributed by atoms with E-state index < -0.39 is 22.5 Å². The van der Waals surface area contributed by atoms with Gasteiger partial charge in [-0.2, -0.15) is 18.2 Å². The van der Waals surface area contributed by atoms with Gasteiger partial charge < -0.3 is 10.2 Å². The van der Waals surface area contributed by atoms with Gasteiger partial charge in [-0.1, -0.05) is 33.6 Å². The first-order valence-corrected chi connectivity index (χ1v) is 13.8. The minimum atomic E-state index is -4.54. The highest BCUT2D eigenvalue weighted by Crippen LogP contribution is 2.50. The maximum Gasteiger partial charge on any atom is 0.421 e. The molecule has 1 aliphatic carbocycles. The van der Waals surface area contributed by atoms with E-state index in [9.17, 15) is 17.4 Å². The third-order valence-corrected chi connectivity index (χ3v) is 8.74. The van der Waals surface area contributed by atoms with Gasteiger partial charge in [-0.3, -0.25) is 4.21 Å². The van der Waals surface area contributed by atoms with Gasteiger partial charge in [0.1, 0.15) is 11.4 Å². The van der Waals surface area contributed by atoms with Gasteiger partial charge in [-0.05, 0) is 68.7 Å². The highest BCUT2D eigenvalue weighted by atomic mass is 32.2. The number of alkyl halides is 3. The topological polar surface area (TPSA) is 58.1 Å². The number of nitrogens with zero attached hydrogens (tertiary/aromatic N) is 3. The number of aromatic nitrogens is 2. The Morgan fingerprint density at radius 2 is 1.89 bits per heavy atom. The summed E-state index contributed by atoms with van der Waals surface area (Å²) in [5.74, 6) is -0.0167. The zero-order valence-electron chi connectivity index (χ0n) is 21.3. The van der Waals surface area contributed by atoms with Crippen molar-refractivity contribution in [1.82, 2.24) is 9.97 Å². The fourth-order valence-corrected chi connectivity index (χ4v) is 6.92. The summed E-state index contributed by atoms with van der Waals surface area (Å²) in [7, 11) is -1.08. The Balaban J connectivity index is 1.79. The molecule has 1 unspecified atom stereocenters. The Bertz CT molecular complexity index is 1040. The largest absolute Gasteiger partial charge is 0.421 e. The Morgan fingerprint density at radius 1 is 1.17 bits per heavy atom. The maximum absolute atomic E-state index is 13.6. The summed E-state index contributed by atoms with van der Waals surface area (Å²) in [6, 6.07) is 5.53. The summed E-state index contributed by atoms with van der Waals surface area (Å²) < 4.78 is 53.9. The van der Waals surface area contributed by atoms with Crippen LogP contribution in [0.25, 0.3) is 0 Å². The van der Waals surface area contributed by atoms with Gasteiger partial charge >= 0.3 is 6.18 Å². The highest BCUT2D eigenvalue weighted by molar-refractivity contribution is 7.85. The molecule has 0 amide bonds. The third kappa shape index (κ3) is 6.16. The molecule has 1 aromatic carbocycles. The second kappa shape index (κ2) is 11.3. The van der Waals surface area contributed by atoms with Crippen molar-refractivity contribution in [3.05, 3.63) is 35.5 Å². The Hall–Kier alpha value is -2.16. The lowest BCUT2D eigenvalue weighted by Gasteiger charge is -2.47. The van der Waals surface area contributed by atoms with Crippen LogP contribution in [0.4, 0.5) is 30.6 Å². The first-order valence-electron chi connectivity index (χ1n) is 12.5. The van der Waals surface area contributed by atoms with Crippen molar-refractivity contribution in [3.8, 4) is 0 Å². The first kappa shape index (κ1) is 27.4. The molecule has 35 heavy (non-hydrogen) atoms. The molecule has 5 nitrogen and oxygen atoms in total. The van der Waals surface area contributed by atoms with E-state index in [1.54, 1.807) is 4.90 Å². The number of hydrogen-bond acceptors (Lipinski definition) is 5. The Kier molecular flexibility index (Phi) is 8.83. The number of benzene rings is 1. The lowest BCUT2D eigenvalue weighted by Crippen LogP contribution is -2.42. The van der Waals surface area contributed by atoms with Crippen molar-refractivity contribution in [3.63, 3.8) is 0 Å². The van der Waals surface area contributed by atoms with Gasteiger partial charge in [-0.25, -0.2) is 4.98 Å². The minimum absolute atomic E-state index is 0.103. The average Bonchev–Trinajstić information content (AvgIpc) is 2.79. The summed E-state index contributed by atoms with van der Waals surface area (Å²) in [4.78, 5) is 10.6. The molecule has 1 atom stereocenters. The summed E-state index contributed by atoms with van der Waals surface area (Å²) in [6.07, 6.45) is 2.46. The van der Waals surface area contributed by atoms with Crippen LogP contribution in [0.1, 0.15) is 77.3 Å². The molecule has 1 heterocycles. The van der Waals surface area contributed by atoms with Crippen LogP contribution < -0.4 is 10.2 Å². The van der Waals surface area contributed by atoms with E-state index in [4.69, 9.17) is 0 Å². The van der Waals surface area contributed by atoms with Gasteiger partial charge in [0, 0.05) is 35.1 Å². The first-order chi connectivity index (χ1) is 16.6. The quantitative estimate of drug-likeness (QED) is 0.345. The smallest absolute Gasteiger partial charge is 0.356 e. The standard InChI is InChI=1S/C26H37F3N4OS/c1-6-12-25(8-3)15-20(16-25)35(34)19-10-11-22(18(5)14-19)31-24-30-17-21(26(27,28)29)23(32-24)33(9-4)13-7-2/h10-11,14,17,20H,6-9,12-13,15-16H2,1-5H3,(H,30,31,32). The van der Waals surface area contributed by atoms with Crippen molar-refractivity contribution in [2.45, 2.75) is 89.5 Å². The molecule has 0 radical (unpaired) electrons. The number of rotatable bonds is 11. The van der Waals surface area contributed by atoms with E-state index in [2.05, 4.69) is 29.1 Å². The molecule has 1 saturated carbocycles. The minimum Gasteiger partial charge on any atom is -0.356 e. The van der Waals surface area contributed by atoms with Gasteiger partial charge in [-0.15, -0.1) is 0 Å². The molecule has 0 spiro atoms. The normalized spacial score (nSPS) is 20.9. The van der Waals surface area contributed by atoms with Crippen molar-refractivity contribution >= 4 is 28.3 Å². The summed E-state index contributed by atoms with van der Waals surface area (Å²) in [6.45, 7) is 10.9. The molecule has 0 aliphatic heterocycles. The fraction of sp³-hybridized carbons (Fsp3) is 0.615. The number of hydrogen-bond donors (Lipinski definition) is 1. The van der Waals surface area contributed by atoms with E-state index in [-0.39, 0.29) is 17.0 Å². The van der Waals surface area contributed by atoms with Crippen molar-refractivity contribution in [2.24, 2.45) is 5.41 Å². The molecule has 1 N–H and O–H groups in total. The predicted molar refractivity (Wildman–Crippen MR) is 137 cm³/mol. The number of nitrogens with one attached hydrogen (secondary N) is 1. The van der Waals surface area contributed by atoms with Crippen molar-refractivity contribution < 1.29 is 17.4 Å². The monoisotopic (exact) mass is 510 g/mol. The van der Waals surface area contributed by atoms with Crippen LogP contribution >= 0.6 is 0 Å². The fourth-order valence-electron chi connectivity index (χ4n) is 5.03. The van der Waals surface area contributed by atoms with Crippen LogP contribution in [0.2, 0.25) is 0 Å². The van der Waals surface area contributed by atoms with E-state index >= 15 is 0 Å². The lowest BCUT2D eigenvalue weighted by atomic mass is 9.64. The molecule has 1 fully saturated rings. The lowest BCUT2D eigenvalue weighted by molar-refractivity contribution is -0.137.